The van der Waals surface area contributed by atoms with Crippen molar-refractivity contribution < 1.29 is 4.79 Å². The molecule has 0 saturated heterocycles. The fourth-order valence-electron chi connectivity index (χ4n) is 5.64. The minimum absolute atomic E-state index is 0.0142. The molecule has 0 aromatic carbocycles. The number of nitriles is 1. The lowest BCUT2D eigenvalue weighted by Gasteiger charge is -2.58. The molecule has 0 unspecified atom stereocenters. The summed E-state index contributed by atoms with van der Waals surface area (Å²) in [4.78, 5) is 14.5. The van der Waals surface area contributed by atoms with E-state index in [-0.39, 0.29) is 17.9 Å². The number of nitrogens with zero attached hydrogens (tertiary/aromatic N) is 2. The molecule has 4 rings (SSSR count). The van der Waals surface area contributed by atoms with Crippen molar-refractivity contribution in [1.82, 2.24) is 4.90 Å². The lowest BCUT2D eigenvalue weighted by molar-refractivity contribution is -0.142. The molecule has 2 N–H and O–H groups in total. The number of hydrogen-bond donors (Lipinski definition) is 1. The number of carbonyl (C=O) groups excluding carboxylic acids is 1. The minimum atomic E-state index is -0.397. The fourth-order valence-corrected chi connectivity index (χ4v) is 5.64. The number of nitrogens with two attached hydrogens (primary N) is 1. The Balaban J connectivity index is 1.76. The largest absolute Gasteiger partial charge is 0.328 e. The van der Waals surface area contributed by atoms with Crippen LogP contribution in [0.1, 0.15) is 51.9 Å². The summed E-state index contributed by atoms with van der Waals surface area (Å²) in [6, 6.07) is 1.71. The molecule has 1 atom stereocenters. The lowest BCUT2D eigenvalue weighted by atomic mass is 9.47. The van der Waals surface area contributed by atoms with Crippen LogP contribution in [0, 0.1) is 34.5 Å². The van der Waals surface area contributed by atoms with Crippen molar-refractivity contribution in [2.45, 2.75) is 57.9 Å². The summed E-state index contributed by atoms with van der Waals surface area (Å²) >= 11 is 0. The van der Waals surface area contributed by atoms with Crippen LogP contribution in [0.15, 0.2) is 0 Å². The van der Waals surface area contributed by atoms with Gasteiger partial charge in [-0.3, -0.25) is 4.79 Å². The number of hydrogen-bond acceptors (Lipinski definition) is 3. The zero-order valence-electron chi connectivity index (χ0n) is 13.1. The van der Waals surface area contributed by atoms with Gasteiger partial charge in [0.2, 0.25) is 5.91 Å². The molecule has 4 heteroatoms. The van der Waals surface area contributed by atoms with E-state index >= 15 is 0 Å². The summed E-state index contributed by atoms with van der Waals surface area (Å²) in [7, 11) is 0. The van der Waals surface area contributed by atoms with Gasteiger partial charge in [0.15, 0.2) is 0 Å². The number of amides is 1. The Morgan fingerprint density at radius 2 is 1.81 bits per heavy atom. The highest BCUT2D eigenvalue weighted by Gasteiger charge is 2.55. The maximum Gasteiger partial charge on any atom is 0.240 e. The van der Waals surface area contributed by atoms with Gasteiger partial charge in [0.05, 0.1) is 12.1 Å². The van der Waals surface area contributed by atoms with Gasteiger partial charge < -0.3 is 10.6 Å². The smallest absolute Gasteiger partial charge is 0.240 e. The normalized spacial score (nSPS) is 38.0. The van der Waals surface area contributed by atoms with Crippen LogP contribution >= 0.6 is 0 Å². The van der Waals surface area contributed by atoms with E-state index in [0.717, 1.165) is 43.4 Å². The van der Waals surface area contributed by atoms with Crippen molar-refractivity contribution >= 4 is 5.91 Å². The molecule has 4 aliphatic rings. The van der Waals surface area contributed by atoms with E-state index < -0.39 is 6.04 Å². The average molecular weight is 289 g/mol. The fraction of sp³-hybridized carbons (Fsp3) is 0.882. The van der Waals surface area contributed by atoms with E-state index in [0.29, 0.717) is 6.54 Å². The molecule has 0 radical (unpaired) electrons. The summed E-state index contributed by atoms with van der Waals surface area (Å²) in [5.41, 5.74) is 6.51. The van der Waals surface area contributed by atoms with Crippen LogP contribution in [0.25, 0.3) is 0 Å². The third kappa shape index (κ3) is 2.57. The van der Waals surface area contributed by atoms with Crippen LogP contribution in [0.3, 0.4) is 0 Å². The summed E-state index contributed by atoms with van der Waals surface area (Å²) < 4.78 is 0. The van der Waals surface area contributed by atoms with Gasteiger partial charge >= 0.3 is 0 Å². The molecule has 0 aromatic rings. The summed E-state index contributed by atoms with van der Waals surface area (Å²) in [6.45, 7) is 2.85. The van der Waals surface area contributed by atoms with Crippen molar-refractivity contribution in [1.29, 1.82) is 5.26 Å². The van der Waals surface area contributed by atoms with E-state index in [4.69, 9.17) is 11.0 Å². The van der Waals surface area contributed by atoms with Gasteiger partial charge in [-0.1, -0.05) is 6.92 Å². The van der Waals surface area contributed by atoms with Crippen molar-refractivity contribution in [2.75, 3.05) is 13.1 Å². The van der Waals surface area contributed by atoms with Crippen LogP contribution < -0.4 is 5.73 Å². The number of carbonyl (C=O) groups is 1. The quantitative estimate of drug-likeness (QED) is 0.789. The average Bonchev–Trinajstić information content (AvgIpc) is 2.44. The zero-order chi connectivity index (χ0) is 15.0. The van der Waals surface area contributed by atoms with E-state index in [2.05, 4.69) is 6.07 Å². The van der Waals surface area contributed by atoms with Crippen LogP contribution in [-0.2, 0) is 4.79 Å². The Morgan fingerprint density at radius 3 is 2.24 bits per heavy atom. The van der Waals surface area contributed by atoms with Crippen molar-refractivity contribution in [2.24, 2.45) is 28.9 Å². The summed E-state index contributed by atoms with van der Waals surface area (Å²) in [6.07, 6.45) is 8.36. The first kappa shape index (κ1) is 14.8. The van der Waals surface area contributed by atoms with Gasteiger partial charge in [-0.15, -0.1) is 0 Å². The van der Waals surface area contributed by atoms with E-state index in [1.807, 2.05) is 6.92 Å². The molecule has 1 amide bonds. The highest BCUT2D eigenvalue weighted by atomic mass is 16.2. The molecule has 4 nitrogen and oxygen atoms in total. The van der Waals surface area contributed by atoms with Crippen molar-refractivity contribution in [3.8, 4) is 6.07 Å². The molecule has 0 heterocycles. The lowest BCUT2D eigenvalue weighted by Crippen LogP contribution is -2.60. The Labute approximate surface area is 127 Å². The molecule has 21 heavy (non-hydrogen) atoms. The zero-order valence-corrected chi connectivity index (χ0v) is 13.1. The molecule has 0 aliphatic heterocycles. The molecule has 4 fully saturated rings. The Kier molecular flexibility index (Phi) is 3.96. The maximum atomic E-state index is 12.8. The number of rotatable bonds is 5. The second-order valence-corrected chi connectivity index (χ2v) is 7.68. The Bertz CT molecular complexity index is 418. The molecule has 4 aliphatic carbocycles. The highest BCUT2D eigenvalue weighted by molar-refractivity contribution is 5.83. The van der Waals surface area contributed by atoms with Gasteiger partial charge in [-0.05, 0) is 68.1 Å². The molecule has 4 saturated carbocycles. The molecule has 0 aromatic heterocycles. The van der Waals surface area contributed by atoms with Gasteiger partial charge in [0.25, 0.3) is 0 Å². The Hall–Kier alpha value is -1.08. The van der Waals surface area contributed by atoms with Crippen LogP contribution in [0.2, 0.25) is 0 Å². The maximum absolute atomic E-state index is 12.8. The molecular formula is C17H27N3O. The molecule has 4 bridgehead atoms. The third-order valence-corrected chi connectivity index (χ3v) is 6.08. The molecular weight excluding hydrogens is 262 g/mol. The van der Waals surface area contributed by atoms with Crippen LogP contribution in [-0.4, -0.2) is 29.9 Å². The summed E-state index contributed by atoms with van der Waals surface area (Å²) in [5, 5.41) is 8.94. The van der Waals surface area contributed by atoms with E-state index in [1.165, 1.54) is 19.3 Å². The Morgan fingerprint density at radius 1 is 1.29 bits per heavy atom. The molecule has 116 valence electrons. The highest BCUT2D eigenvalue weighted by Crippen LogP contribution is 2.61. The SMILES string of the molecule is CCCN(CC#N)C(=O)[C@@H](N)C12CC3CC(CC(C3)C1)C2. The first-order valence-electron chi connectivity index (χ1n) is 8.49. The van der Waals surface area contributed by atoms with Gasteiger partial charge in [0, 0.05) is 6.54 Å². The van der Waals surface area contributed by atoms with Crippen molar-refractivity contribution in [3.05, 3.63) is 0 Å². The van der Waals surface area contributed by atoms with Gasteiger partial charge in [0.1, 0.15) is 6.54 Å². The van der Waals surface area contributed by atoms with E-state index in [9.17, 15) is 4.79 Å². The van der Waals surface area contributed by atoms with Gasteiger partial charge in [-0.2, -0.15) is 5.26 Å². The van der Waals surface area contributed by atoms with Crippen LogP contribution in [0.4, 0.5) is 0 Å². The molecule has 0 spiro atoms. The predicted octanol–water partition coefficient (Wildman–Crippen LogP) is 2.29. The monoisotopic (exact) mass is 289 g/mol. The van der Waals surface area contributed by atoms with Crippen LogP contribution in [0.5, 0.6) is 0 Å². The third-order valence-electron chi connectivity index (χ3n) is 6.08. The first-order valence-corrected chi connectivity index (χ1v) is 8.49. The second-order valence-electron chi connectivity index (χ2n) is 7.68. The second kappa shape index (κ2) is 5.61. The minimum Gasteiger partial charge on any atom is -0.328 e. The van der Waals surface area contributed by atoms with Crippen molar-refractivity contribution in [3.63, 3.8) is 0 Å². The van der Waals surface area contributed by atoms with Gasteiger partial charge in [-0.25, -0.2) is 0 Å². The first-order chi connectivity index (χ1) is 10.1. The standard InChI is InChI=1S/C17H27N3O/c1-2-4-20(5-3-18)16(21)15(19)17-9-12-6-13(10-17)8-14(7-12)11-17/h12-15H,2,4-11,19H2,1H3/t12?,13?,14?,15-,17?/m1/s1. The predicted molar refractivity (Wildman–Crippen MR) is 81.1 cm³/mol. The summed E-state index contributed by atoms with van der Waals surface area (Å²) in [5.74, 6) is 2.41. The topological polar surface area (TPSA) is 70.1 Å². The van der Waals surface area contributed by atoms with E-state index in [1.54, 1.807) is 4.90 Å².